The number of fused-ring (bicyclic) bond motifs is 1. The van der Waals surface area contributed by atoms with Crippen molar-refractivity contribution in [3.05, 3.63) is 29.3 Å². The minimum atomic E-state index is 0.442. The van der Waals surface area contributed by atoms with E-state index in [4.69, 9.17) is 4.74 Å². The molecule has 0 spiro atoms. The summed E-state index contributed by atoms with van der Waals surface area (Å²) >= 11 is 0. The van der Waals surface area contributed by atoms with Crippen LogP contribution in [0.25, 0.3) is 0 Å². The molecule has 1 N–H and O–H groups in total. The molecule has 0 unspecified atom stereocenters. The van der Waals surface area contributed by atoms with Crippen LogP contribution in [-0.2, 0) is 6.42 Å². The van der Waals surface area contributed by atoms with Crippen LogP contribution < -0.4 is 10.1 Å². The second kappa shape index (κ2) is 5.51. The van der Waals surface area contributed by atoms with E-state index >= 15 is 0 Å². The van der Waals surface area contributed by atoms with Crippen LogP contribution in [0.5, 0.6) is 5.75 Å². The van der Waals surface area contributed by atoms with Crippen LogP contribution in [0.1, 0.15) is 36.4 Å². The summed E-state index contributed by atoms with van der Waals surface area (Å²) in [6.07, 6.45) is 5.09. The molecule has 1 aromatic rings. The Bertz CT molecular complexity index is 440. The molecular weight excluding hydrogens is 236 g/mol. The summed E-state index contributed by atoms with van der Waals surface area (Å²) in [5.41, 5.74) is 2.84. The van der Waals surface area contributed by atoms with Crippen molar-refractivity contribution >= 4 is 0 Å². The molecule has 1 aliphatic carbocycles. The van der Waals surface area contributed by atoms with Crippen LogP contribution in [-0.4, -0.2) is 38.2 Å². The Morgan fingerprint density at radius 2 is 2.05 bits per heavy atom. The number of rotatable bonds is 3. The van der Waals surface area contributed by atoms with E-state index in [1.165, 1.54) is 43.5 Å². The topological polar surface area (TPSA) is 24.5 Å². The Balaban J connectivity index is 1.93. The van der Waals surface area contributed by atoms with Gasteiger partial charge in [0.15, 0.2) is 0 Å². The number of nitrogens with zero attached hydrogens (tertiary/aromatic N) is 1. The molecule has 3 nitrogen and oxygen atoms in total. The van der Waals surface area contributed by atoms with Crippen molar-refractivity contribution in [2.45, 2.75) is 37.8 Å². The second-order valence-electron chi connectivity index (χ2n) is 5.64. The van der Waals surface area contributed by atoms with Gasteiger partial charge in [-0.2, -0.15) is 0 Å². The van der Waals surface area contributed by atoms with E-state index in [2.05, 4.69) is 35.5 Å². The van der Waals surface area contributed by atoms with Gasteiger partial charge in [-0.15, -0.1) is 0 Å². The number of hydrogen-bond acceptors (Lipinski definition) is 3. The first-order chi connectivity index (χ1) is 9.35. The number of likely N-dealkylation sites (N-methyl/N-ethyl adjacent to an activating group) is 1. The average molecular weight is 260 g/mol. The van der Waals surface area contributed by atoms with Gasteiger partial charge in [0.2, 0.25) is 0 Å². The van der Waals surface area contributed by atoms with Crippen molar-refractivity contribution < 1.29 is 4.74 Å². The van der Waals surface area contributed by atoms with Crippen molar-refractivity contribution in [1.82, 2.24) is 10.2 Å². The van der Waals surface area contributed by atoms with E-state index in [0.717, 1.165) is 12.2 Å². The van der Waals surface area contributed by atoms with E-state index < -0.39 is 0 Å². The molecule has 0 radical (unpaired) electrons. The highest BCUT2D eigenvalue weighted by Gasteiger charge is 2.34. The highest BCUT2D eigenvalue weighted by atomic mass is 16.5. The van der Waals surface area contributed by atoms with Gasteiger partial charge in [-0.3, -0.25) is 4.90 Å². The Kier molecular flexibility index (Phi) is 3.76. The molecule has 1 saturated heterocycles. The molecule has 104 valence electrons. The van der Waals surface area contributed by atoms with Crippen LogP contribution in [0, 0.1) is 0 Å². The third-order valence-corrected chi connectivity index (χ3v) is 4.72. The SMILES string of the molecule is CN[C@H]1c2cccc(OC)c2CC[C@@H]1N1CCCC1. The van der Waals surface area contributed by atoms with E-state index in [1.54, 1.807) is 7.11 Å². The van der Waals surface area contributed by atoms with Crippen molar-refractivity contribution in [2.75, 3.05) is 27.2 Å². The van der Waals surface area contributed by atoms with Gasteiger partial charge in [-0.1, -0.05) is 12.1 Å². The van der Waals surface area contributed by atoms with Crippen LogP contribution in [0.2, 0.25) is 0 Å². The molecule has 1 fully saturated rings. The van der Waals surface area contributed by atoms with Gasteiger partial charge in [-0.25, -0.2) is 0 Å². The summed E-state index contributed by atoms with van der Waals surface area (Å²) in [5.74, 6) is 1.05. The van der Waals surface area contributed by atoms with Crippen molar-refractivity contribution in [3.8, 4) is 5.75 Å². The molecule has 1 aliphatic heterocycles. The lowest BCUT2D eigenvalue weighted by atomic mass is 9.83. The second-order valence-corrected chi connectivity index (χ2v) is 5.64. The fourth-order valence-electron chi connectivity index (χ4n) is 3.81. The summed E-state index contributed by atoms with van der Waals surface area (Å²) in [6.45, 7) is 2.53. The Morgan fingerprint density at radius 1 is 1.26 bits per heavy atom. The standard InChI is InChI=1S/C16H24N2O/c1-17-16-13-6-5-7-15(19-2)12(13)8-9-14(16)18-10-3-4-11-18/h5-7,14,16-17H,3-4,8-11H2,1-2H3/t14-,16-/m0/s1. The zero-order valence-electron chi connectivity index (χ0n) is 12.0. The Hall–Kier alpha value is -1.06. The van der Waals surface area contributed by atoms with Crippen LogP contribution in [0.3, 0.4) is 0 Å². The number of likely N-dealkylation sites (tertiary alicyclic amines) is 1. The van der Waals surface area contributed by atoms with Crippen LogP contribution in [0.4, 0.5) is 0 Å². The largest absolute Gasteiger partial charge is 0.496 e. The van der Waals surface area contributed by atoms with Gasteiger partial charge >= 0.3 is 0 Å². The highest BCUT2D eigenvalue weighted by Crippen LogP contribution is 2.38. The van der Waals surface area contributed by atoms with Gasteiger partial charge < -0.3 is 10.1 Å². The average Bonchev–Trinajstić information content (AvgIpc) is 2.99. The van der Waals surface area contributed by atoms with Gasteiger partial charge in [0, 0.05) is 12.1 Å². The molecule has 0 amide bonds. The van der Waals surface area contributed by atoms with Crippen LogP contribution >= 0.6 is 0 Å². The number of methoxy groups -OCH3 is 1. The Labute approximate surface area is 115 Å². The third kappa shape index (κ3) is 2.26. The van der Waals surface area contributed by atoms with Crippen molar-refractivity contribution in [2.24, 2.45) is 0 Å². The smallest absolute Gasteiger partial charge is 0.122 e. The van der Waals surface area contributed by atoms with Gasteiger partial charge in [-0.05, 0) is 63.0 Å². The van der Waals surface area contributed by atoms with Crippen molar-refractivity contribution in [3.63, 3.8) is 0 Å². The van der Waals surface area contributed by atoms with Gasteiger partial charge in [0.25, 0.3) is 0 Å². The molecule has 0 aromatic heterocycles. The minimum absolute atomic E-state index is 0.442. The first kappa shape index (κ1) is 12.9. The van der Waals surface area contributed by atoms with E-state index in [1.807, 2.05) is 0 Å². The summed E-state index contributed by atoms with van der Waals surface area (Å²) < 4.78 is 5.52. The fraction of sp³-hybridized carbons (Fsp3) is 0.625. The molecule has 19 heavy (non-hydrogen) atoms. The number of nitrogens with one attached hydrogen (secondary N) is 1. The third-order valence-electron chi connectivity index (χ3n) is 4.72. The van der Waals surface area contributed by atoms with Gasteiger partial charge in [0.1, 0.15) is 5.75 Å². The quantitative estimate of drug-likeness (QED) is 0.903. The molecule has 3 heteroatoms. The predicted molar refractivity (Wildman–Crippen MR) is 77.7 cm³/mol. The van der Waals surface area contributed by atoms with E-state index in [-0.39, 0.29) is 0 Å². The zero-order chi connectivity index (χ0) is 13.2. The molecule has 3 rings (SSSR count). The Morgan fingerprint density at radius 3 is 2.74 bits per heavy atom. The van der Waals surface area contributed by atoms with Crippen molar-refractivity contribution in [1.29, 1.82) is 0 Å². The minimum Gasteiger partial charge on any atom is -0.496 e. The molecular formula is C16H24N2O. The fourth-order valence-corrected chi connectivity index (χ4v) is 3.81. The maximum Gasteiger partial charge on any atom is 0.122 e. The lowest BCUT2D eigenvalue weighted by molar-refractivity contribution is 0.175. The van der Waals surface area contributed by atoms with E-state index in [0.29, 0.717) is 12.1 Å². The molecule has 2 aliphatic rings. The summed E-state index contributed by atoms with van der Waals surface area (Å²) in [7, 11) is 3.86. The zero-order valence-corrected chi connectivity index (χ0v) is 12.0. The lowest BCUT2D eigenvalue weighted by Gasteiger charge is -2.39. The highest BCUT2D eigenvalue weighted by molar-refractivity contribution is 5.44. The maximum absolute atomic E-state index is 5.52. The number of benzene rings is 1. The maximum atomic E-state index is 5.52. The normalized spacial score (nSPS) is 27.3. The number of hydrogen-bond donors (Lipinski definition) is 1. The summed E-state index contributed by atoms with van der Waals surface area (Å²) in [5, 5.41) is 3.54. The molecule has 0 bridgehead atoms. The van der Waals surface area contributed by atoms with Gasteiger partial charge in [0.05, 0.1) is 7.11 Å². The van der Waals surface area contributed by atoms with Crippen LogP contribution in [0.15, 0.2) is 18.2 Å². The summed E-state index contributed by atoms with van der Waals surface area (Å²) in [6, 6.07) is 7.56. The summed E-state index contributed by atoms with van der Waals surface area (Å²) in [4.78, 5) is 2.67. The molecule has 1 aromatic carbocycles. The van der Waals surface area contributed by atoms with E-state index in [9.17, 15) is 0 Å². The first-order valence-electron chi connectivity index (χ1n) is 7.42. The monoisotopic (exact) mass is 260 g/mol. The predicted octanol–water partition coefficient (Wildman–Crippen LogP) is 2.37. The first-order valence-corrected chi connectivity index (χ1v) is 7.42. The molecule has 1 heterocycles. The number of ether oxygens (including phenoxy) is 1. The molecule has 0 saturated carbocycles. The lowest BCUT2D eigenvalue weighted by Crippen LogP contribution is -2.45. The molecule has 2 atom stereocenters.